The molecule has 0 aromatic heterocycles. The highest BCUT2D eigenvalue weighted by molar-refractivity contribution is 5.56. The Bertz CT molecular complexity index is 707. The summed E-state index contributed by atoms with van der Waals surface area (Å²) in [5, 5.41) is 8.89. The van der Waals surface area contributed by atoms with E-state index >= 15 is 0 Å². The topological polar surface area (TPSA) is 46.6 Å². The van der Waals surface area contributed by atoms with E-state index in [1.165, 1.54) is 0 Å². The van der Waals surface area contributed by atoms with Crippen molar-refractivity contribution in [1.29, 1.82) is 5.39 Å². The summed E-state index contributed by atoms with van der Waals surface area (Å²) >= 11 is 0. The van der Waals surface area contributed by atoms with Crippen LogP contribution in [-0.4, -0.2) is 7.11 Å². The molecule has 2 rings (SSSR count). The standard InChI is InChI=1S/C18H21N2O2/c1-11(2)16-10-15(6-7-17(16)21-5)22-18-12(3)8-14(20-19)9-13(18)4/h6-11H,1-5H3/q+1. The molecule has 0 saturated carbocycles. The lowest BCUT2D eigenvalue weighted by Gasteiger charge is -2.15. The SMILES string of the molecule is COc1ccc(Oc2c(C)cc([N+]#N)cc2C)cc1C(C)C. The maximum Gasteiger partial charge on any atom is 0.385 e. The fourth-order valence-corrected chi connectivity index (χ4v) is 2.49. The monoisotopic (exact) mass is 297 g/mol. The lowest BCUT2D eigenvalue weighted by atomic mass is 10.0. The van der Waals surface area contributed by atoms with Gasteiger partial charge in [0.05, 0.1) is 7.11 Å². The van der Waals surface area contributed by atoms with Crippen molar-refractivity contribution in [3.05, 3.63) is 52.0 Å². The summed E-state index contributed by atoms with van der Waals surface area (Å²) in [6.45, 7) is 8.11. The van der Waals surface area contributed by atoms with E-state index in [0.717, 1.165) is 33.9 Å². The second kappa shape index (κ2) is 6.48. The van der Waals surface area contributed by atoms with Gasteiger partial charge in [-0.1, -0.05) is 13.8 Å². The Kier molecular flexibility index (Phi) is 4.67. The van der Waals surface area contributed by atoms with Crippen molar-refractivity contribution >= 4 is 5.69 Å². The van der Waals surface area contributed by atoms with E-state index in [1.54, 1.807) is 19.2 Å². The number of benzene rings is 2. The molecule has 0 amide bonds. The highest BCUT2D eigenvalue weighted by atomic mass is 16.5. The Morgan fingerprint density at radius 3 is 2.18 bits per heavy atom. The van der Waals surface area contributed by atoms with Crippen LogP contribution in [0.4, 0.5) is 5.69 Å². The number of methoxy groups -OCH3 is 1. The number of rotatable bonds is 4. The van der Waals surface area contributed by atoms with Crippen molar-refractivity contribution < 1.29 is 9.47 Å². The molecular formula is C18H21N2O2+. The summed E-state index contributed by atoms with van der Waals surface area (Å²) in [5.41, 5.74) is 3.49. The first kappa shape index (κ1) is 15.8. The molecule has 4 heteroatoms. The maximum atomic E-state index is 8.89. The van der Waals surface area contributed by atoms with Crippen LogP contribution in [0.1, 0.15) is 36.5 Å². The normalized spacial score (nSPS) is 10.4. The Morgan fingerprint density at radius 1 is 1.05 bits per heavy atom. The maximum absolute atomic E-state index is 8.89. The van der Waals surface area contributed by atoms with E-state index in [2.05, 4.69) is 18.8 Å². The van der Waals surface area contributed by atoms with Crippen LogP contribution in [-0.2, 0) is 0 Å². The zero-order valence-electron chi connectivity index (χ0n) is 13.7. The Labute approximate surface area is 131 Å². The van der Waals surface area contributed by atoms with Crippen LogP contribution in [0.3, 0.4) is 0 Å². The molecule has 4 nitrogen and oxygen atoms in total. The van der Waals surface area contributed by atoms with Crippen LogP contribution < -0.4 is 9.47 Å². The summed E-state index contributed by atoms with van der Waals surface area (Å²) in [5.74, 6) is 2.76. The quantitative estimate of drug-likeness (QED) is 0.679. The van der Waals surface area contributed by atoms with Gasteiger partial charge in [-0.3, -0.25) is 0 Å². The molecular weight excluding hydrogens is 276 g/mol. The molecule has 2 aromatic rings. The Hall–Kier alpha value is -2.54. The molecule has 0 aliphatic rings. The minimum atomic E-state index is 0.344. The molecule has 0 bridgehead atoms. The van der Waals surface area contributed by atoms with Crippen molar-refractivity contribution in [3.63, 3.8) is 0 Å². The van der Waals surface area contributed by atoms with Gasteiger partial charge in [0.25, 0.3) is 0 Å². The third kappa shape index (κ3) is 3.20. The molecule has 0 radical (unpaired) electrons. The van der Waals surface area contributed by atoms with Crippen molar-refractivity contribution in [2.24, 2.45) is 0 Å². The van der Waals surface area contributed by atoms with Gasteiger partial charge in [-0.05, 0) is 49.1 Å². The molecule has 0 spiro atoms. The van der Waals surface area contributed by atoms with Gasteiger partial charge in [-0.25, -0.2) is 0 Å². The van der Waals surface area contributed by atoms with Crippen molar-refractivity contribution in [1.82, 2.24) is 0 Å². The summed E-state index contributed by atoms with van der Waals surface area (Å²) in [4.78, 5) is 3.23. The fourth-order valence-electron chi connectivity index (χ4n) is 2.49. The van der Waals surface area contributed by atoms with Gasteiger partial charge in [0.2, 0.25) is 5.39 Å². The highest BCUT2D eigenvalue weighted by Crippen LogP contribution is 2.35. The van der Waals surface area contributed by atoms with E-state index in [4.69, 9.17) is 14.9 Å². The van der Waals surface area contributed by atoms with Gasteiger partial charge in [0.1, 0.15) is 17.2 Å². The van der Waals surface area contributed by atoms with Gasteiger partial charge >= 0.3 is 5.69 Å². The molecule has 0 aliphatic heterocycles. The number of hydrogen-bond acceptors (Lipinski definition) is 3. The van der Waals surface area contributed by atoms with Crippen LogP contribution in [0.5, 0.6) is 17.2 Å². The first-order valence-electron chi connectivity index (χ1n) is 7.28. The third-order valence-corrected chi connectivity index (χ3v) is 3.60. The fraction of sp³-hybridized carbons (Fsp3) is 0.333. The van der Waals surface area contributed by atoms with Crippen molar-refractivity contribution in [2.75, 3.05) is 7.11 Å². The highest BCUT2D eigenvalue weighted by Gasteiger charge is 2.15. The molecule has 0 atom stereocenters. The zero-order chi connectivity index (χ0) is 16.3. The van der Waals surface area contributed by atoms with E-state index < -0.39 is 0 Å². The minimum absolute atomic E-state index is 0.344. The first-order chi connectivity index (χ1) is 10.5. The lowest BCUT2D eigenvalue weighted by Crippen LogP contribution is -1.96. The van der Waals surface area contributed by atoms with E-state index in [9.17, 15) is 0 Å². The third-order valence-electron chi connectivity index (χ3n) is 3.60. The smallest absolute Gasteiger partial charge is 0.385 e. The molecule has 0 saturated heterocycles. The van der Waals surface area contributed by atoms with E-state index in [0.29, 0.717) is 11.6 Å². The number of ether oxygens (including phenoxy) is 2. The van der Waals surface area contributed by atoms with Gasteiger partial charge in [-0.2, -0.15) is 0 Å². The number of diazo groups is 1. The summed E-state index contributed by atoms with van der Waals surface area (Å²) < 4.78 is 11.4. The van der Waals surface area contributed by atoms with Gasteiger partial charge < -0.3 is 9.47 Å². The molecule has 2 aromatic carbocycles. The van der Waals surface area contributed by atoms with Crippen LogP contribution in [0.15, 0.2) is 30.3 Å². The van der Waals surface area contributed by atoms with Crippen molar-refractivity contribution in [2.45, 2.75) is 33.6 Å². The summed E-state index contributed by atoms with van der Waals surface area (Å²) in [6.07, 6.45) is 0. The van der Waals surface area contributed by atoms with Gasteiger partial charge in [0.15, 0.2) is 4.98 Å². The second-order valence-corrected chi connectivity index (χ2v) is 5.67. The Morgan fingerprint density at radius 2 is 1.68 bits per heavy atom. The first-order valence-corrected chi connectivity index (χ1v) is 7.28. The number of hydrogen-bond donors (Lipinski definition) is 0. The van der Waals surface area contributed by atoms with Crippen LogP contribution in [0, 0.1) is 19.2 Å². The van der Waals surface area contributed by atoms with E-state index in [-0.39, 0.29) is 0 Å². The summed E-state index contributed by atoms with van der Waals surface area (Å²) in [7, 11) is 1.67. The van der Waals surface area contributed by atoms with Crippen molar-refractivity contribution in [3.8, 4) is 17.2 Å². The molecule has 114 valence electrons. The molecule has 0 fully saturated rings. The van der Waals surface area contributed by atoms with Crippen LogP contribution >= 0.6 is 0 Å². The second-order valence-electron chi connectivity index (χ2n) is 5.67. The number of nitrogens with zero attached hydrogens (tertiary/aromatic N) is 2. The molecule has 0 aliphatic carbocycles. The zero-order valence-corrected chi connectivity index (χ0v) is 13.7. The van der Waals surface area contributed by atoms with Gasteiger partial charge in [0, 0.05) is 17.7 Å². The molecule has 0 unspecified atom stereocenters. The van der Waals surface area contributed by atoms with Crippen LogP contribution in [0.25, 0.3) is 4.98 Å². The predicted molar refractivity (Wildman–Crippen MR) is 87.8 cm³/mol. The molecule has 0 N–H and O–H groups in total. The van der Waals surface area contributed by atoms with E-state index in [1.807, 2.05) is 32.0 Å². The average Bonchev–Trinajstić information content (AvgIpc) is 2.50. The summed E-state index contributed by atoms with van der Waals surface area (Å²) in [6, 6.07) is 9.40. The van der Waals surface area contributed by atoms with Crippen LogP contribution in [0.2, 0.25) is 0 Å². The Balaban J connectivity index is 2.40. The number of aryl methyl sites for hydroxylation is 2. The largest absolute Gasteiger partial charge is 0.496 e. The van der Waals surface area contributed by atoms with Gasteiger partial charge in [-0.15, -0.1) is 0 Å². The lowest BCUT2D eigenvalue weighted by molar-refractivity contribution is 0.405. The molecule has 0 heterocycles. The molecule has 22 heavy (non-hydrogen) atoms. The average molecular weight is 297 g/mol. The predicted octanol–water partition coefficient (Wildman–Crippen LogP) is 5.71. The minimum Gasteiger partial charge on any atom is -0.496 e.